The molecule has 0 spiro atoms. The van der Waals surface area contributed by atoms with Crippen molar-refractivity contribution in [2.24, 2.45) is 0 Å². The quantitative estimate of drug-likeness (QED) is 0.732. The van der Waals surface area contributed by atoms with Crippen LogP contribution in [0.4, 0.5) is 5.69 Å². The van der Waals surface area contributed by atoms with E-state index >= 15 is 0 Å². The maximum atomic E-state index is 13.0. The minimum Gasteiger partial charge on any atom is -0.335 e. The summed E-state index contributed by atoms with van der Waals surface area (Å²) in [5, 5.41) is 5.70. The molecule has 136 valence electrons. The number of hydrogen-bond acceptors (Lipinski definition) is 4. The zero-order chi connectivity index (χ0) is 19.2. The molecule has 0 aliphatic rings. The number of carbonyl (C=O) groups excluding carboxylic acids is 2. The van der Waals surface area contributed by atoms with Gasteiger partial charge in [0.05, 0.1) is 6.20 Å². The first kappa shape index (κ1) is 18.3. The van der Waals surface area contributed by atoms with Crippen LogP contribution in [-0.4, -0.2) is 21.8 Å². The number of aromatic nitrogens is 2. The van der Waals surface area contributed by atoms with Crippen molar-refractivity contribution >= 4 is 17.5 Å². The summed E-state index contributed by atoms with van der Waals surface area (Å²) in [6.07, 6.45) is 4.28. The predicted octanol–water partition coefficient (Wildman–Crippen LogP) is 3.20. The van der Waals surface area contributed by atoms with Crippen LogP contribution in [-0.2, 0) is 4.79 Å². The molecule has 2 N–H and O–H groups in total. The van der Waals surface area contributed by atoms with Crippen LogP contribution in [0, 0.1) is 13.8 Å². The Kier molecular flexibility index (Phi) is 5.56. The van der Waals surface area contributed by atoms with E-state index in [0.717, 1.165) is 16.8 Å². The van der Waals surface area contributed by atoms with E-state index in [1.807, 2.05) is 50.2 Å². The maximum absolute atomic E-state index is 13.0. The lowest BCUT2D eigenvalue weighted by Gasteiger charge is -2.20. The summed E-state index contributed by atoms with van der Waals surface area (Å²) in [6.45, 7) is 3.86. The van der Waals surface area contributed by atoms with Gasteiger partial charge < -0.3 is 10.6 Å². The topological polar surface area (TPSA) is 84.0 Å². The SMILES string of the molecule is Cc1cccc(C)c1NC(=O)C(NC(=O)c1cnccn1)c1ccccc1. The van der Waals surface area contributed by atoms with Crippen LogP contribution in [0.3, 0.4) is 0 Å². The van der Waals surface area contributed by atoms with Crippen LogP contribution < -0.4 is 10.6 Å². The van der Waals surface area contributed by atoms with Crippen LogP contribution >= 0.6 is 0 Å². The van der Waals surface area contributed by atoms with Crippen LogP contribution in [0.25, 0.3) is 0 Å². The second-order valence-corrected chi connectivity index (χ2v) is 6.16. The number of carbonyl (C=O) groups is 2. The largest absolute Gasteiger partial charge is 0.335 e. The van der Waals surface area contributed by atoms with Crippen molar-refractivity contribution in [1.29, 1.82) is 0 Å². The van der Waals surface area contributed by atoms with Crippen molar-refractivity contribution in [2.45, 2.75) is 19.9 Å². The zero-order valence-electron chi connectivity index (χ0n) is 15.1. The molecular formula is C21H20N4O2. The first-order valence-corrected chi connectivity index (χ1v) is 8.55. The van der Waals surface area contributed by atoms with E-state index in [2.05, 4.69) is 20.6 Å². The number of anilines is 1. The highest BCUT2D eigenvalue weighted by Gasteiger charge is 2.24. The van der Waals surface area contributed by atoms with Gasteiger partial charge in [-0.15, -0.1) is 0 Å². The van der Waals surface area contributed by atoms with Crippen LogP contribution in [0.5, 0.6) is 0 Å². The van der Waals surface area contributed by atoms with Gasteiger partial charge in [-0.1, -0.05) is 48.5 Å². The van der Waals surface area contributed by atoms with E-state index in [1.54, 1.807) is 12.1 Å². The molecule has 1 atom stereocenters. The monoisotopic (exact) mass is 360 g/mol. The number of nitrogens with zero attached hydrogens (tertiary/aromatic N) is 2. The minimum atomic E-state index is -0.861. The highest BCUT2D eigenvalue weighted by atomic mass is 16.2. The fourth-order valence-electron chi connectivity index (χ4n) is 2.77. The Morgan fingerprint density at radius 1 is 0.926 bits per heavy atom. The lowest BCUT2D eigenvalue weighted by atomic mass is 10.0. The van der Waals surface area contributed by atoms with Gasteiger partial charge in [0.25, 0.3) is 11.8 Å². The molecule has 3 rings (SSSR count). The first-order chi connectivity index (χ1) is 13.1. The highest BCUT2D eigenvalue weighted by Crippen LogP contribution is 2.22. The molecule has 2 aromatic carbocycles. The van der Waals surface area contributed by atoms with Crippen LogP contribution in [0.15, 0.2) is 67.1 Å². The molecule has 0 saturated carbocycles. The molecule has 0 aliphatic heterocycles. The van der Waals surface area contributed by atoms with E-state index in [9.17, 15) is 9.59 Å². The molecular weight excluding hydrogens is 340 g/mol. The average Bonchev–Trinajstić information content (AvgIpc) is 2.70. The Bertz CT molecular complexity index is 923. The second kappa shape index (κ2) is 8.23. The molecule has 0 bridgehead atoms. The number of amides is 2. The zero-order valence-corrected chi connectivity index (χ0v) is 15.1. The molecule has 1 heterocycles. The number of nitrogens with one attached hydrogen (secondary N) is 2. The van der Waals surface area contributed by atoms with E-state index in [0.29, 0.717) is 5.56 Å². The van der Waals surface area contributed by atoms with Gasteiger partial charge in [0.15, 0.2) is 0 Å². The third-order valence-electron chi connectivity index (χ3n) is 4.20. The Morgan fingerprint density at radius 2 is 1.63 bits per heavy atom. The van der Waals surface area contributed by atoms with Gasteiger partial charge in [0.2, 0.25) is 0 Å². The molecule has 0 fully saturated rings. The molecule has 6 nitrogen and oxygen atoms in total. The van der Waals surface area contributed by atoms with E-state index in [-0.39, 0.29) is 11.6 Å². The van der Waals surface area contributed by atoms with Crippen molar-refractivity contribution in [3.63, 3.8) is 0 Å². The summed E-state index contributed by atoms with van der Waals surface area (Å²) < 4.78 is 0. The summed E-state index contributed by atoms with van der Waals surface area (Å²) >= 11 is 0. The minimum absolute atomic E-state index is 0.151. The van der Waals surface area contributed by atoms with Crippen molar-refractivity contribution < 1.29 is 9.59 Å². The molecule has 1 aromatic heterocycles. The Hall–Kier alpha value is -3.54. The lowest BCUT2D eigenvalue weighted by Crippen LogP contribution is -2.37. The van der Waals surface area contributed by atoms with Crippen molar-refractivity contribution in [3.8, 4) is 0 Å². The third kappa shape index (κ3) is 4.36. The Balaban J connectivity index is 1.88. The molecule has 6 heteroatoms. The maximum Gasteiger partial charge on any atom is 0.272 e. The standard InChI is InChI=1S/C21H20N4O2/c1-14-7-6-8-15(2)18(14)24-21(27)19(16-9-4-3-5-10-16)25-20(26)17-13-22-11-12-23-17/h3-13,19H,1-2H3,(H,24,27)(H,25,26). The summed E-state index contributed by atoms with van der Waals surface area (Å²) in [5.74, 6) is -0.788. The second-order valence-electron chi connectivity index (χ2n) is 6.16. The van der Waals surface area contributed by atoms with Gasteiger partial charge in [-0.05, 0) is 30.5 Å². The summed E-state index contributed by atoms with van der Waals surface area (Å²) in [5.41, 5.74) is 3.49. The Morgan fingerprint density at radius 3 is 2.26 bits per heavy atom. The van der Waals surface area contributed by atoms with Crippen molar-refractivity contribution in [1.82, 2.24) is 15.3 Å². The molecule has 0 radical (unpaired) electrons. The van der Waals surface area contributed by atoms with Crippen molar-refractivity contribution in [3.05, 3.63) is 89.5 Å². The van der Waals surface area contributed by atoms with Gasteiger partial charge in [-0.3, -0.25) is 14.6 Å². The number of aryl methyl sites for hydroxylation is 2. The van der Waals surface area contributed by atoms with E-state index in [1.165, 1.54) is 18.6 Å². The number of hydrogen-bond donors (Lipinski definition) is 2. The van der Waals surface area contributed by atoms with E-state index < -0.39 is 11.9 Å². The van der Waals surface area contributed by atoms with Gasteiger partial charge in [0.1, 0.15) is 11.7 Å². The third-order valence-corrected chi connectivity index (χ3v) is 4.20. The van der Waals surface area contributed by atoms with Gasteiger partial charge in [0, 0.05) is 18.1 Å². The molecule has 2 amide bonds. The molecule has 0 aliphatic carbocycles. The molecule has 1 unspecified atom stereocenters. The van der Waals surface area contributed by atoms with Crippen molar-refractivity contribution in [2.75, 3.05) is 5.32 Å². The summed E-state index contributed by atoms with van der Waals surface area (Å²) in [4.78, 5) is 33.4. The van der Waals surface area contributed by atoms with E-state index in [4.69, 9.17) is 0 Å². The first-order valence-electron chi connectivity index (χ1n) is 8.55. The Labute approximate surface area is 157 Å². The number of rotatable bonds is 5. The van der Waals surface area contributed by atoms with Gasteiger partial charge in [-0.2, -0.15) is 0 Å². The smallest absolute Gasteiger partial charge is 0.272 e. The fraction of sp³-hybridized carbons (Fsp3) is 0.143. The summed E-state index contributed by atoms with van der Waals surface area (Å²) in [6, 6.07) is 14.0. The number of benzene rings is 2. The molecule has 0 saturated heterocycles. The van der Waals surface area contributed by atoms with Crippen LogP contribution in [0.1, 0.15) is 33.2 Å². The highest BCUT2D eigenvalue weighted by molar-refractivity contribution is 6.01. The average molecular weight is 360 g/mol. The van der Waals surface area contributed by atoms with Gasteiger partial charge >= 0.3 is 0 Å². The van der Waals surface area contributed by atoms with Crippen LogP contribution in [0.2, 0.25) is 0 Å². The summed E-state index contributed by atoms with van der Waals surface area (Å²) in [7, 11) is 0. The molecule has 27 heavy (non-hydrogen) atoms. The molecule has 3 aromatic rings. The fourth-order valence-corrected chi connectivity index (χ4v) is 2.77. The normalized spacial score (nSPS) is 11.5. The lowest BCUT2D eigenvalue weighted by molar-refractivity contribution is -0.118. The number of para-hydroxylation sites is 1. The van der Waals surface area contributed by atoms with Gasteiger partial charge in [-0.25, -0.2) is 4.98 Å². The predicted molar refractivity (Wildman–Crippen MR) is 103 cm³/mol.